The Morgan fingerprint density at radius 1 is 1.24 bits per heavy atom. The van der Waals surface area contributed by atoms with Gasteiger partial charge in [-0.05, 0) is 36.2 Å². The fourth-order valence-corrected chi connectivity index (χ4v) is 1.80. The predicted octanol–water partition coefficient (Wildman–Crippen LogP) is 2.57. The smallest absolute Gasteiger partial charge is 0.121 e. The molecule has 88 valence electrons. The fraction of sp³-hybridized carbons (Fsp3) is 0.214. The maximum absolute atomic E-state index is 5.60. The molecule has 0 spiro atoms. The van der Waals surface area contributed by atoms with E-state index in [9.17, 15) is 0 Å². The number of nitrogen functional groups attached to an aromatic ring is 1. The Kier molecular flexibility index (Phi) is 3.28. The second kappa shape index (κ2) is 4.87. The zero-order chi connectivity index (χ0) is 12.3. The zero-order valence-corrected chi connectivity index (χ0v) is 10.1. The molecule has 0 atom stereocenters. The Labute approximate surface area is 101 Å². The van der Waals surface area contributed by atoms with Crippen LogP contribution in [-0.2, 0) is 6.42 Å². The highest BCUT2D eigenvalue weighted by Gasteiger charge is 2.02. The van der Waals surface area contributed by atoms with Crippen molar-refractivity contribution in [1.82, 2.24) is 4.98 Å². The molecule has 17 heavy (non-hydrogen) atoms. The Bertz CT molecular complexity index is 506. The van der Waals surface area contributed by atoms with E-state index in [-0.39, 0.29) is 0 Å². The van der Waals surface area contributed by atoms with Crippen molar-refractivity contribution in [3.8, 4) is 5.75 Å². The number of nitrogens with two attached hydrogens (primary N) is 1. The van der Waals surface area contributed by atoms with Gasteiger partial charge >= 0.3 is 0 Å². The molecular formula is C14H16N2O. The first-order chi connectivity index (χ1) is 8.19. The van der Waals surface area contributed by atoms with Gasteiger partial charge in [-0.25, -0.2) is 0 Å². The van der Waals surface area contributed by atoms with E-state index >= 15 is 0 Å². The molecule has 0 saturated heterocycles. The molecular weight excluding hydrogens is 212 g/mol. The van der Waals surface area contributed by atoms with E-state index in [1.54, 1.807) is 13.3 Å². The van der Waals surface area contributed by atoms with Gasteiger partial charge in [-0.15, -0.1) is 0 Å². The summed E-state index contributed by atoms with van der Waals surface area (Å²) in [5.74, 6) is 0.916. The number of benzene rings is 1. The van der Waals surface area contributed by atoms with E-state index in [2.05, 4.69) is 17.1 Å². The number of hydrogen-bond donors (Lipinski definition) is 1. The molecule has 2 N–H and O–H groups in total. The van der Waals surface area contributed by atoms with Crippen molar-refractivity contribution < 1.29 is 4.74 Å². The number of hydrogen-bond acceptors (Lipinski definition) is 3. The minimum Gasteiger partial charge on any atom is -0.496 e. The second-order valence-electron chi connectivity index (χ2n) is 4.06. The predicted molar refractivity (Wildman–Crippen MR) is 69.2 cm³/mol. The number of pyridine rings is 1. The van der Waals surface area contributed by atoms with Gasteiger partial charge in [0, 0.05) is 12.1 Å². The third-order valence-corrected chi connectivity index (χ3v) is 2.69. The van der Waals surface area contributed by atoms with Crippen molar-refractivity contribution in [2.24, 2.45) is 0 Å². The molecule has 0 radical (unpaired) electrons. The third-order valence-electron chi connectivity index (χ3n) is 2.69. The number of aryl methyl sites for hydroxylation is 1. The molecule has 1 aromatic heterocycles. The lowest BCUT2D eigenvalue weighted by atomic mass is 10.1. The topological polar surface area (TPSA) is 48.1 Å². The molecule has 0 unspecified atom stereocenters. The molecule has 0 aliphatic heterocycles. The van der Waals surface area contributed by atoms with Crippen LogP contribution in [0.4, 0.5) is 5.69 Å². The third kappa shape index (κ3) is 2.75. The SMILES string of the molecule is COc1ccc(Cc2ccc(N)cn2)cc1C. The maximum atomic E-state index is 5.60. The lowest BCUT2D eigenvalue weighted by Crippen LogP contribution is -1.95. The molecule has 1 aromatic carbocycles. The molecule has 0 amide bonds. The van der Waals surface area contributed by atoms with Crippen LogP contribution in [0.3, 0.4) is 0 Å². The summed E-state index contributed by atoms with van der Waals surface area (Å²) in [5.41, 5.74) is 9.68. The van der Waals surface area contributed by atoms with Gasteiger partial charge in [-0.1, -0.05) is 12.1 Å². The van der Waals surface area contributed by atoms with Gasteiger partial charge in [0.2, 0.25) is 0 Å². The molecule has 0 aliphatic rings. The van der Waals surface area contributed by atoms with Crippen LogP contribution in [0.15, 0.2) is 36.5 Å². The summed E-state index contributed by atoms with van der Waals surface area (Å²) >= 11 is 0. The summed E-state index contributed by atoms with van der Waals surface area (Å²) in [6.07, 6.45) is 2.50. The lowest BCUT2D eigenvalue weighted by molar-refractivity contribution is 0.411. The summed E-state index contributed by atoms with van der Waals surface area (Å²) in [7, 11) is 1.68. The van der Waals surface area contributed by atoms with Crippen molar-refractivity contribution in [1.29, 1.82) is 0 Å². The van der Waals surface area contributed by atoms with E-state index < -0.39 is 0 Å². The number of ether oxygens (including phenoxy) is 1. The molecule has 1 heterocycles. The van der Waals surface area contributed by atoms with Gasteiger partial charge in [0.15, 0.2) is 0 Å². The Morgan fingerprint density at radius 3 is 2.65 bits per heavy atom. The van der Waals surface area contributed by atoms with Crippen LogP contribution in [0.25, 0.3) is 0 Å². The summed E-state index contributed by atoms with van der Waals surface area (Å²) in [5, 5.41) is 0. The minimum atomic E-state index is 0.694. The summed E-state index contributed by atoms with van der Waals surface area (Å²) < 4.78 is 5.23. The Hall–Kier alpha value is -2.03. The van der Waals surface area contributed by atoms with Crippen molar-refractivity contribution in [3.05, 3.63) is 53.3 Å². The fourth-order valence-electron chi connectivity index (χ4n) is 1.80. The van der Waals surface area contributed by atoms with Crippen LogP contribution >= 0.6 is 0 Å². The molecule has 0 bridgehead atoms. The molecule has 0 fully saturated rings. The molecule has 0 saturated carbocycles. The van der Waals surface area contributed by atoms with Gasteiger partial charge in [-0.3, -0.25) is 4.98 Å². The van der Waals surface area contributed by atoms with Gasteiger partial charge < -0.3 is 10.5 Å². The summed E-state index contributed by atoms with van der Waals surface area (Å²) in [4.78, 5) is 4.29. The number of anilines is 1. The van der Waals surface area contributed by atoms with Crippen LogP contribution in [0.2, 0.25) is 0 Å². The molecule has 0 aliphatic carbocycles. The Balaban J connectivity index is 2.19. The Morgan fingerprint density at radius 2 is 2.06 bits per heavy atom. The number of methoxy groups -OCH3 is 1. The van der Waals surface area contributed by atoms with Crippen LogP contribution < -0.4 is 10.5 Å². The van der Waals surface area contributed by atoms with Gasteiger partial charge in [-0.2, -0.15) is 0 Å². The number of aromatic nitrogens is 1. The van der Waals surface area contributed by atoms with Crippen LogP contribution in [0.5, 0.6) is 5.75 Å². The molecule has 3 heteroatoms. The summed E-state index contributed by atoms with van der Waals surface area (Å²) in [6.45, 7) is 2.04. The first kappa shape index (κ1) is 11.5. The van der Waals surface area contributed by atoms with Gasteiger partial charge in [0.25, 0.3) is 0 Å². The highest BCUT2D eigenvalue weighted by Crippen LogP contribution is 2.20. The second-order valence-corrected chi connectivity index (χ2v) is 4.06. The number of nitrogens with zero attached hydrogens (tertiary/aromatic N) is 1. The van der Waals surface area contributed by atoms with Crippen molar-refractivity contribution >= 4 is 5.69 Å². The quantitative estimate of drug-likeness (QED) is 0.878. The van der Waals surface area contributed by atoms with Crippen LogP contribution in [-0.4, -0.2) is 12.1 Å². The highest BCUT2D eigenvalue weighted by atomic mass is 16.5. The van der Waals surface area contributed by atoms with E-state index in [0.717, 1.165) is 23.4 Å². The highest BCUT2D eigenvalue weighted by molar-refractivity contribution is 5.39. The van der Waals surface area contributed by atoms with E-state index in [1.165, 1.54) is 5.56 Å². The van der Waals surface area contributed by atoms with E-state index in [0.29, 0.717) is 5.69 Å². The van der Waals surface area contributed by atoms with Gasteiger partial charge in [0.05, 0.1) is 19.0 Å². The number of rotatable bonds is 3. The minimum absolute atomic E-state index is 0.694. The standard InChI is InChI=1S/C14H16N2O/c1-10-7-11(3-6-14(10)17-2)8-13-5-4-12(15)9-16-13/h3-7,9H,8,15H2,1-2H3. The van der Waals surface area contributed by atoms with Crippen molar-refractivity contribution in [3.63, 3.8) is 0 Å². The average Bonchev–Trinajstić information content (AvgIpc) is 2.32. The van der Waals surface area contributed by atoms with Crippen LogP contribution in [0, 0.1) is 6.92 Å². The van der Waals surface area contributed by atoms with Crippen molar-refractivity contribution in [2.45, 2.75) is 13.3 Å². The summed E-state index contributed by atoms with van der Waals surface area (Å²) in [6, 6.07) is 10.00. The first-order valence-electron chi connectivity index (χ1n) is 5.53. The molecule has 2 rings (SSSR count). The average molecular weight is 228 g/mol. The molecule has 3 nitrogen and oxygen atoms in total. The molecule has 2 aromatic rings. The monoisotopic (exact) mass is 228 g/mol. The van der Waals surface area contributed by atoms with E-state index in [4.69, 9.17) is 10.5 Å². The van der Waals surface area contributed by atoms with Crippen LogP contribution in [0.1, 0.15) is 16.8 Å². The van der Waals surface area contributed by atoms with Gasteiger partial charge in [0.1, 0.15) is 5.75 Å². The normalized spacial score (nSPS) is 10.2. The van der Waals surface area contributed by atoms with E-state index in [1.807, 2.05) is 25.1 Å². The zero-order valence-electron chi connectivity index (χ0n) is 10.1. The maximum Gasteiger partial charge on any atom is 0.121 e. The first-order valence-corrected chi connectivity index (χ1v) is 5.53. The largest absolute Gasteiger partial charge is 0.496 e. The van der Waals surface area contributed by atoms with Crippen molar-refractivity contribution in [2.75, 3.05) is 12.8 Å². The lowest BCUT2D eigenvalue weighted by Gasteiger charge is -2.07.